The van der Waals surface area contributed by atoms with Crippen molar-refractivity contribution in [2.75, 3.05) is 10.7 Å². The van der Waals surface area contributed by atoms with Gasteiger partial charge in [0.05, 0.1) is 4.92 Å². The smallest absolute Gasteiger partial charge is 0.354 e. The standard InChI is InChI=1S/C19H17ClN6O3/c1-12-4-2-3-5-15(12)19(27)25-24-18-16(26(28)29)17(22-11-23-18)21-10-13-6-8-14(20)9-7-13/h2-9,11H,10H2,1H3,(H,25,27)(H2,21,22,23,24). The number of halogens is 1. The molecule has 10 heteroatoms. The molecule has 0 unspecified atom stereocenters. The van der Waals surface area contributed by atoms with E-state index in [-0.39, 0.29) is 17.3 Å². The molecular formula is C19H17ClN6O3. The molecule has 0 saturated carbocycles. The quantitative estimate of drug-likeness (QED) is 0.399. The van der Waals surface area contributed by atoms with Crippen molar-refractivity contribution >= 4 is 34.8 Å². The SMILES string of the molecule is Cc1ccccc1C(=O)NNc1ncnc(NCc2ccc(Cl)cc2)c1[N+](=O)[O-]. The number of carbonyl (C=O) groups is 1. The molecule has 0 spiro atoms. The predicted molar refractivity (Wildman–Crippen MR) is 110 cm³/mol. The molecule has 1 amide bonds. The van der Waals surface area contributed by atoms with E-state index >= 15 is 0 Å². The second-order valence-corrected chi connectivity index (χ2v) is 6.49. The van der Waals surface area contributed by atoms with E-state index in [1.807, 2.05) is 6.07 Å². The number of nitro groups is 1. The number of anilines is 2. The van der Waals surface area contributed by atoms with Gasteiger partial charge in [-0.05, 0) is 36.2 Å². The van der Waals surface area contributed by atoms with Gasteiger partial charge in [0.2, 0.25) is 11.6 Å². The minimum atomic E-state index is -0.619. The number of carbonyl (C=O) groups excluding carboxylic acids is 1. The van der Waals surface area contributed by atoms with Crippen molar-refractivity contribution < 1.29 is 9.72 Å². The number of hydrogen-bond acceptors (Lipinski definition) is 7. The highest BCUT2D eigenvalue weighted by atomic mass is 35.5. The zero-order chi connectivity index (χ0) is 20.8. The van der Waals surface area contributed by atoms with Crippen LogP contribution in [0.15, 0.2) is 54.9 Å². The van der Waals surface area contributed by atoms with Crippen LogP contribution in [0.3, 0.4) is 0 Å². The molecule has 1 aromatic heterocycles. The number of nitrogens with zero attached hydrogens (tertiary/aromatic N) is 3. The summed E-state index contributed by atoms with van der Waals surface area (Å²) in [6.07, 6.45) is 1.17. The van der Waals surface area contributed by atoms with Gasteiger partial charge in [-0.15, -0.1) is 0 Å². The first-order chi connectivity index (χ1) is 14.0. The Hall–Kier alpha value is -3.72. The first-order valence-electron chi connectivity index (χ1n) is 8.55. The topological polar surface area (TPSA) is 122 Å². The van der Waals surface area contributed by atoms with Crippen LogP contribution in [0.1, 0.15) is 21.5 Å². The number of aromatic nitrogens is 2. The van der Waals surface area contributed by atoms with E-state index in [9.17, 15) is 14.9 Å². The maximum Gasteiger partial charge on any atom is 0.354 e. The second kappa shape index (κ2) is 8.98. The fourth-order valence-corrected chi connectivity index (χ4v) is 2.70. The van der Waals surface area contributed by atoms with E-state index < -0.39 is 10.8 Å². The molecule has 148 valence electrons. The molecule has 1 heterocycles. The van der Waals surface area contributed by atoms with Crippen LogP contribution in [0.2, 0.25) is 5.02 Å². The molecule has 0 aliphatic heterocycles. The first kappa shape index (κ1) is 20.0. The van der Waals surface area contributed by atoms with Gasteiger partial charge in [0, 0.05) is 17.1 Å². The Morgan fingerprint density at radius 2 is 1.79 bits per heavy atom. The normalized spacial score (nSPS) is 10.3. The minimum absolute atomic E-state index is 0.0209. The highest BCUT2D eigenvalue weighted by molar-refractivity contribution is 6.30. The van der Waals surface area contributed by atoms with Crippen molar-refractivity contribution in [3.05, 3.63) is 86.7 Å². The van der Waals surface area contributed by atoms with Crippen molar-refractivity contribution in [1.82, 2.24) is 15.4 Å². The molecule has 0 radical (unpaired) electrons. The maximum absolute atomic E-state index is 12.3. The largest absolute Gasteiger partial charge is 0.360 e. The molecule has 9 nitrogen and oxygen atoms in total. The Balaban J connectivity index is 1.76. The monoisotopic (exact) mass is 412 g/mol. The van der Waals surface area contributed by atoms with Crippen molar-refractivity contribution in [3.8, 4) is 0 Å². The Labute approximate surface area is 171 Å². The minimum Gasteiger partial charge on any atom is -0.360 e. The van der Waals surface area contributed by atoms with Crippen LogP contribution in [-0.2, 0) is 6.54 Å². The number of hydrogen-bond donors (Lipinski definition) is 3. The lowest BCUT2D eigenvalue weighted by molar-refractivity contribution is -0.383. The van der Waals surface area contributed by atoms with Gasteiger partial charge >= 0.3 is 5.69 Å². The molecule has 0 fully saturated rings. The average molecular weight is 413 g/mol. The van der Waals surface area contributed by atoms with Crippen LogP contribution in [0.4, 0.5) is 17.3 Å². The summed E-state index contributed by atoms with van der Waals surface area (Å²) < 4.78 is 0. The average Bonchev–Trinajstić information content (AvgIpc) is 2.71. The van der Waals surface area contributed by atoms with Crippen LogP contribution in [0.5, 0.6) is 0 Å². The number of benzene rings is 2. The lowest BCUT2D eigenvalue weighted by Gasteiger charge is -2.11. The van der Waals surface area contributed by atoms with Crippen LogP contribution in [0, 0.1) is 17.0 Å². The molecule has 3 aromatic rings. The Bertz CT molecular complexity index is 1040. The summed E-state index contributed by atoms with van der Waals surface area (Å²) in [6, 6.07) is 14.0. The molecular weight excluding hydrogens is 396 g/mol. The zero-order valence-electron chi connectivity index (χ0n) is 15.3. The number of amides is 1. The van der Waals surface area contributed by atoms with Gasteiger partial charge in [-0.2, -0.15) is 0 Å². The lowest BCUT2D eigenvalue weighted by atomic mass is 10.1. The van der Waals surface area contributed by atoms with E-state index in [0.29, 0.717) is 17.1 Å². The number of hydrazine groups is 1. The van der Waals surface area contributed by atoms with Gasteiger partial charge < -0.3 is 5.32 Å². The fraction of sp³-hybridized carbons (Fsp3) is 0.105. The van der Waals surface area contributed by atoms with E-state index in [1.165, 1.54) is 6.33 Å². The zero-order valence-corrected chi connectivity index (χ0v) is 16.1. The van der Waals surface area contributed by atoms with Crippen LogP contribution >= 0.6 is 11.6 Å². The number of aryl methyl sites for hydroxylation is 1. The van der Waals surface area contributed by atoms with Gasteiger partial charge in [-0.25, -0.2) is 9.97 Å². The van der Waals surface area contributed by atoms with Crippen LogP contribution < -0.4 is 16.2 Å². The molecule has 29 heavy (non-hydrogen) atoms. The highest BCUT2D eigenvalue weighted by Gasteiger charge is 2.23. The summed E-state index contributed by atoms with van der Waals surface area (Å²) >= 11 is 5.86. The van der Waals surface area contributed by atoms with E-state index in [1.54, 1.807) is 49.4 Å². The lowest BCUT2D eigenvalue weighted by Crippen LogP contribution is -2.30. The Morgan fingerprint density at radius 3 is 2.48 bits per heavy atom. The van der Waals surface area contributed by atoms with Gasteiger partial charge in [0.1, 0.15) is 6.33 Å². The molecule has 0 aliphatic rings. The van der Waals surface area contributed by atoms with Crippen molar-refractivity contribution in [1.29, 1.82) is 0 Å². The first-order valence-corrected chi connectivity index (χ1v) is 8.93. The van der Waals surface area contributed by atoms with Gasteiger partial charge in [0.25, 0.3) is 5.91 Å². The molecule has 3 rings (SSSR count). The van der Waals surface area contributed by atoms with E-state index in [0.717, 1.165) is 11.1 Å². The molecule has 0 aliphatic carbocycles. The Morgan fingerprint density at radius 1 is 1.10 bits per heavy atom. The summed E-state index contributed by atoms with van der Waals surface area (Å²) in [6.45, 7) is 2.09. The predicted octanol–water partition coefficient (Wildman–Crippen LogP) is 3.72. The highest BCUT2D eigenvalue weighted by Crippen LogP contribution is 2.28. The number of nitrogens with one attached hydrogen (secondary N) is 3. The summed E-state index contributed by atoms with van der Waals surface area (Å²) in [4.78, 5) is 31.1. The van der Waals surface area contributed by atoms with Crippen molar-refractivity contribution in [2.45, 2.75) is 13.5 Å². The molecule has 3 N–H and O–H groups in total. The van der Waals surface area contributed by atoms with Gasteiger partial charge in [0.15, 0.2) is 0 Å². The Kier molecular flexibility index (Phi) is 6.20. The third-order valence-corrected chi connectivity index (χ3v) is 4.31. The molecule has 2 aromatic carbocycles. The fourth-order valence-electron chi connectivity index (χ4n) is 2.57. The molecule has 0 bridgehead atoms. The third kappa shape index (κ3) is 4.96. The van der Waals surface area contributed by atoms with Crippen molar-refractivity contribution in [2.24, 2.45) is 0 Å². The van der Waals surface area contributed by atoms with Gasteiger partial charge in [-0.1, -0.05) is 41.9 Å². The van der Waals surface area contributed by atoms with Gasteiger partial charge in [-0.3, -0.25) is 25.8 Å². The molecule has 0 atom stereocenters. The number of rotatable bonds is 7. The summed E-state index contributed by atoms with van der Waals surface area (Å²) in [5.74, 6) is -0.551. The van der Waals surface area contributed by atoms with Crippen LogP contribution in [-0.4, -0.2) is 20.8 Å². The van der Waals surface area contributed by atoms with E-state index in [4.69, 9.17) is 11.6 Å². The third-order valence-electron chi connectivity index (χ3n) is 4.06. The van der Waals surface area contributed by atoms with Crippen molar-refractivity contribution in [3.63, 3.8) is 0 Å². The summed E-state index contributed by atoms with van der Waals surface area (Å²) in [5, 5.41) is 15.1. The second-order valence-electron chi connectivity index (χ2n) is 6.05. The maximum atomic E-state index is 12.3. The van der Waals surface area contributed by atoms with E-state index in [2.05, 4.69) is 26.1 Å². The van der Waals surface area contributed by atoms with Crippen LogP contribution in [0.25, 0.3) is 0 Å². The summed E-state index contributed by atoms with van der Waals surface area (Å²) in [7, 11) is 0. The molecule has 0 saturated heterocycles. The summed E-state index contributed by atoms with van der Waals surface area (Å²) in [5.41, 5.74) is 6.65.